The number of carbonyl (C=O) groups is 1. The third-order valence-corrected chi connectivity index (χ3v) is 5.60. The van der Waals surface area contributed by atoms with Crippen molar-refractivity contribution in [2.75, 3.05) is 18.4 Å². The van der Waals surface area contributed by atoms with Crippen LogP contribution in [0.1, 0.15) is 51.0 Å². The summed E-state index contributed by atoms with van der Waals surface area (Å²) in [5.41, 5.74) is 2.02. The SMILES string of the molecule is CC(=O)Nc1ccccc1CNC1CCN(C2CCCCC2O)CC1. The zero-order valence-electron chi connectivity index (χ0n) is 15.2. The predicted molar refractivity (Wildman–Crippen MR) is 100 cm³/mol. The molecule has 2 aliphatic rings. The first kappa shape index (κ1) is 18.4. The Morgan fingerprint density at radius 1 is 1.16 bits per heavy atom. The molecule has 1 aliphatic heterocycles. The van der Waals surface area contributed by atoms with Crippen molar-refractivity contribution in [3.05, 3.63) is 29.8 Å². The number of carbonyl (C=O) groups excluding carboxylic acids is 1. The predicted octanol–water partition coefficient (Wildman–Crippen LogP) is 2.50. The summed E-state index contributed by atoms with van der Waals surface area (Å²) in [7, 11) is 0. The molecule has 1 saturated carbocycles. The lowest BCUT2D eigenvalue weighted by atomic mass is 9.89. The van der Waals surface area contributed by atoms with Gasteiger partial charge in [0.15, 0.2) is 0 Å². The van der Waals surface area contributed by atoms with Crippen molar-refractivity contribution in [2.24, 2.45) is 0 Å². The fourth-order valence-corrected chi connectivity index (χ4v) is 4.19. The third-order valence-electron chi connectivity index (χ3n) is 5.60. The van der Waals surface area contributed by atoms with Crippen molar-refractivity contribution in [2.45, 2.75) is 70.2 Å². The number of likely N-dealkylation sites (tertiary alicyclic amines) is 1. The van der Waals surface area contributed by atoms with Crippen LogP contribution in [0.25, 0.3) is 0 Å². The molecule has 3 N–H and O–H groups in total. The largest absolute Gasteiger partial charge is 0.391 e. The fourth-order valence-electron chi connectivity index (χ4n) is 4.19. The molecule has 5 heteroatoms. The summed E-state index contributed by atoms with van der Waals surface area (Å²) in [5, 5.41) is 16.8. The minimum absolute atomic E-state index is 0.0354. The Balaban J connectivity index is 1.47. The molecular weight excluding hydrogens is 314 g/mol. The van der Waals surface area contributed by atoms with Crippen molar-refractivity contribution >= 4 is 11.6 Å². The van der Waals surface area contributed by atoms with Crippen LogP contribution in [0.3, 0.4) is 0 Å². The van der Waals surface area contributed by atoms with Crippen molar-refractivity contribution in [1.29, 1.82) is 0 Å². The monoisotopic (exact) mass is 345 g/mol. The summed E-state index contributed by atoms with van der Waals surface area (Å²) in [6.07, 6.45) is 6.62. The van der Waals surface area contributed by atoms with Gasteiger partial charge in [0.2, 0.25) is 5.91 Å². The summed E-state index contributed by atoms with van der Waals surface area (Å²) in [6.45, 7) is 4.44. The number of nitrogens with zero attached hydrogens (tertiary/aromatic N) is 1. The van der Waals surface area contributed by atoms with Gasteiger partial charge < -0.3 is 15.7 Å². The molecule has 1 heterocycles. The van der Waals surface area contributed by atoms with Gasteiger partial charge in [-0.25, -0.2) is 0 Å². The zero-order valence-corrected chi connectivity index (χ0v) is 15.2. The number of aliphatic hydroxyl groups excluding tert-OH is 1. The Morgan fingerprint density at radius 2 is 1.88 bits per heavy atom. The van der Waals surface area contributed by atoms with Gasteiger partial charge in [0.25, 0.3) is 0 Å². The smallest absolute Gasteiger partial charge is 0.221 e. The van der Waals surface area contributed by atoms with Crippen molar-refractivity contribution in [3.8, 4) is 0 Å². The van der Waals surface area contributed by atoms with Crippen LogP contribution in [0.4, 0.5) is 5.69 Å². The maximum Gasteiger partial charge on any atom is 0.221 e. The molecule has 138 valence electrons. The number of benzene rings is 1. The van der Waals surface area contributed by atoms with Gasteiger partial charge >= 0.3 is 0 Å². The number of anilines is 1. The Morgan fingerprint density at radius 3 is 2.60 bits per heavy atom. The van der Waals surface area contributed by atoms with Gasteiger partial charge in [-0.3, -0.25) is 9.69 Å². The molecule has 0 aromatic heterocycles. The highest BCUT2D eigenvalue weighted by Crippen LogP contribution is 2.26. The van der Waals surface area contributed by atoms with E-state index in [1.165, 1.54) is 12.8 Å². The van der Waals surface area contributed by atoms with E-state index in [1.807, 2.05) is 18.2 Å². The van der Waals surface area contributed by atoms with Gasteiger partial charge in [0.05, 0.1) is 6.10 Å². The molecule has 1 saturated heterocycles. The number of hydrogen-bond acceptors (Lipinski definition) is 4. The molecule has 1 aromatic rings. The van der Waals surface area contributed by atoms with Crippen LogP contribution >= 0.6 is 0 Å². The number of hydrogen-bond donors (Lipinski definition) is 3. The van der Waals surface area contributed by atoms with Gasteiger partial charge in [-0.15, -0.1) is 0 Å². The second-order valence-corrected chi connectivity index (χ2v) is 7.45. The third kappa shape index (κ3) is 5.03. The van der Waals surface area contributed by atoms with Crippen molar-refractivity contribution < 1.29 is 9.90 Å². The van der Waals surface area contributed by atoms with E-state index in [2.05, 4.69) is 21.6 Å². The molecule has 3 rings (SSSR count). The molecule has 0 radical (unpaired) electrons. The zero-order chi connectivity index (χ0) is 17.6. The van der Waals surface area contributed by atoms with Crippen LogP contribution in [-0.4, -0.2) is 47.2 Å². The van der Waals surface area contributed by atoms with E-state index >= 15 is 0 Å². The number of amides is 1. The average Bonchev–Trinajstić information content (AvgIpc) is 2.61. The van der Waals surface area contributed by atoms with Crippen LogP contribution in [0.15, 0.2) is 24.3 Å². The lowest BCUT2D eigenvalue weighted by Gasteiger charge is -2.41. The van der Waals surface area contributed by atoms with Crippen LogP contribution in [-0.2, 0) is 11.3 Å². The van der Waals surface area contributed by atoms with E-state index in [0.29, 0.717) is 12.1 Å². The second kappa shape index (κ2) is 8.79. The number of piperidine rings is 1. The molecule has 1 aromatic carbocycles. The number of aliphatic hydroxyl groups is 1. The average molecular weight is 345 g/mol. The summed E-state index contributed by atoms with van der Waals surface area (Å²) >= 11 is 0. The number of nitrogens with one attached hydrogen (secondary N) is 2. The first-order chi connectivity index (χ1) is 12.1. The summed E-state index contributed by atoms with van der Waals surface area (Å²) in [6, 6.07) is 8.84. The summed E-state index contributed by atoms with van der Waals surface area (Å²) in [4.78, 5) is 13.8. The van der Waals surface area contributed by atoms with E-state index in [0.717, 1.165) is 56.6 Å². The van der Waals surface area contributed by atoms with Gasteiger partial charge in [0, 0.05) is 44.3 Å². The van der Waals surface area contributed by atoms with E-state index in [9.17, 15) is 9.90 Å². The number of para-hydroxylation sites is 1. The highest BCUT2D eigenvalue weighted by atomic mass is 16.3. The van der Waals surface area contributed by atoms with E-state index in [-0.39, 0.29) is 12.0 Å². The molecule has 2 atom stereocenters. The quantitative estimate of drug-likeness (QED) is 0.767. The summed E-state index contributed by atoms with van der Waals surface area (Å²) < 4.78 is 0. The molecular formula is C20H31N3O2. The first-order valence-corrected chi connectivity index (χ1v) is 9.64. The Hall–Kier alpha value is -1.43. The molecule has 0 bridgehead atoms. The second-order valence-electron chi connectivity index (χ2n) is 7.45. The molecule has 25 heavy (non-hydrogen) atoms. The topological polar surface area (TPSA) is 64.6 Å². The summed E-state index contributed by atoms with van der Waals surface area (Å²) in [5.74, 6) is -0.0354. The van der Waals surface area contributed by atoms with Crippen molar-refractivity contribution in [1.82, 2.24) is 10.2 Å². The van der Waals surface area contributed by atoms with E-state index in [4.69, 9.17) is 0 Å². The standard InChI is InChI=1S/C20H31N3O2/c1-15(24)22-18-7-3-2-6-16(18)14-21-17-10-12-23(13-11-17)19-8-4-5-9-20(19)25/h2-3,6-7,17,19-21,25H,4-5,8-14H2,1H3,(H,22,24). The molecule has 5 nitrogen and oxygen atoms in total. The van der Waals surface area contributed by atoms with Crippen LogP contribution in [0.5, 0.6) is 0 Å². The lowest BCUT2D eigenvalue weighted by molar-refractivity contribution is -0.114. The minimum atomic E-state index is -0.136. The molecule has 2 fully saturated rings. The van der Waals surface area contributed by atoms with Gasteiger partial charge in [-0.1, -0.05) is 31.0 Å². The molecule has 1 aliphatic carbocycles. The van der Waals surface area contributed by atoms with Gasteiger partial charge in [-0.05, 0) is 37.3 Å². The maximum atomic E-state index is 11.3. The van der Waals surface area contributed by atoms with Gasteiger partial charge in [0.1, 0.15) is 0 Å². The highest BCUT2D eigenvalue weighted by molar-refractivity contribution is 5.89. The minimum Gasteiger partial charge on any atom is -0.391 e. The normalized spacial score (nSPS) is 25.7. The molecule has 1 amide bonds. The van der Waals surface area contributed by atoms with Crippen LogP contribution < -0.4 is 10.6 Å². The van der Waals surface area contributed by atoms with Gasteiger partial charge in [-0.2, -0.15) is 0 Å². The Labute approximate surface area is 150 Å². The molecule has 2 unspecified atom stereocenters. The molecule has 0 spiro atoms. The van der Waals surface area contributed by atoms with E-state index < -0.39 is 0 Å². The number of rotatable bonds is 5. The van der Waals surface area contributed by atoms with Crippen molar-refractivity contribution in [3.63, 3.8) is 0 Å². The van der Waals surface area contributed by atoms with Crippen LogP contribution in [0.2, 0.25) is 0 Å². The van der Waals surface area contributed by atoms with Crippen LogP contribution in [0, 0.1) is 0 Å². The lowest BCUT2D eigenvalue weighted by Crippen LogP contribution is -2.51. The maximum absolute atomic E-state index is 11.3. The Kier molecular flexibility index (Phi) is 6.45. The highest BCUT2D eigenvalue weighted by Gasteiger charge is 2.31. The first-order valence-electron chi connectivity index (χ1n) is 9.64. The Bertz CT molecular complexity index is 570. The fraction of sp³-hybridized carbons (Fsp3) is 0.650. The van der Waals surface area contributed by atoms with E-state index in [1.54, 1.807) is 6.92 Å².